The highest BCUT2D eigenvalue weighted by atomic mass is 79.9. The van der Waals surface area contributed by atoms with Crippen molar-refractivity contribution in [2.75, 3.05) is 19.6 Å². The predicted molar refractivity (Wildman–Crippen MR) is 114 cm³/mol. The minimum Gasteiger partial charge on any atom is -0.488 e. The minimum absolute atomic E-state index is 0. The number of rotatable bonds is 9. The standard InChI is InChI=1S/C21H25BrN2O2.ClH/c22-19-14-18(15-23-11-5-13-24-12-4-8-21(24)25)9-10-20(19)26-16-17-6-2-1-3-7-17;/h1-3,6-7,9-10,14,23H,4-5,8,11-13,15-16H2;1H. The van der Waals surface area contributed by atoms with Crippen LogP contribution in [-0.2, 0) is 17.9 Å². The lowest BCUT2D eigenvalue weighted by atomic mass is 10.2. The second kappa shape index (κ2) is 11.3. The van der Waals surface area contributed by atoms with Crippen LogP contribution in [0.3, 0.4) is 0 Å². The number of hydrogen-bond donors (Lipinski definition) is 1. The SMILES string of the molecule is Cl.O=C1CCCN1CCCNCc1ccc(OCc2ccccc2)c(Br)c1. The molecule has 1 amide bonds. The molecule has 2 aromatic rings. The van der Waals surface area contributed by atoms with E-state index in [0.29, 0.717) is 12.5 Å². The number of carbonyl (C=O) groups is 1. The summed E-state index contributed by atoms with van der Waals surface area (Å²) in [6.45, 7) is 4.07. The predicted octanol–water partition coefficient (Wildman–Crippen LogP) is 4.55. The summed E-state index contributed by atoms with van der Waals surface area (Å²) in [4.78, 5) is 13.5. The summed E-state index contributed by atoms with van der Waals surface area (Å²) in [7, 11) is 0. The fourth-order valence-electron chi connectivity index (χ4n) is 3.07. The highest BCUT2D eigenvalue weighted by Gasteiger charge is 2.18. The molecule has 0 bridgehead atoms. The van der Waals surface area contributed by atoms with Crippen LogP contribution in [0.15, 0.2) is 53.0 Å². The van der Waals surface area contributed by atoms with Crippen LogP contribution in [0.5, 0.6) is 5.75 Å². The van der Waals surface area contributed by atoms with Crippen molar-refractivity contribution in [3.63, 3.8) is 0 Å². The van der Waals surface area contributed by atoms with E-state index in [9.17, 15) is 4.79 Å². The first-order valence-electron chi connectivity index (χ1n) is 9.16. The lowest BCUT2D eigenvalue weighted by Gasteiger charge is -2.15. The third-order valence-electron chi connectivity index (χ3n) is 4.52. The summed E-state index contributed by atoms with van der Waals surface area (Å²) < 4.78 is 6.85. The Hall–Kier alpha value is -1.56. The third kappa shape index (κ3) is 6.83. The van der Waals surface area contributed by atoms with Gasteiger partial charge in [0.1, 0.15) is 12.4 Å². The van der Waals surface area contributed by atoms with Gasteiger partial charge in [-0.2, -0.15) is 0 Å². The molecule has 146 valence electrons. The van der Waals surface area contributed by atoms with Gasteiger partial charge < -0.3 is 15.0 Å². The number of carbonyl (C=O) groups excluding carboxylic acids is 1. The minimum atomic E-state index is 0. The van der Waals surface area contributed by atoms with Crippen molar-refractivity contribution in [1.82, 2.24) is 10.2 Å². The van der Waals surface area contributed by atoms with Gasteiger partial charge in [-0.05, 0) is 58.6 Å². The summed E-state index contributed by atoms with van der Waals surface area (Å²) in [6, 6.07) is 16.3. The van der Waals surface area contributed by atoms with Gasteiger partial charge in [0, 0.05) is 26.1 Å². The van der Waals surface area contributed by atoms with Gasteiger partial charge in [0.25, 0.3) is 0 Å². The van der Waals surface area contributed by atoms with Crippen molar-refractivity contribution in [2.45, 2.75) is 32.4 Å². The van der Waals surface area contributed by atoms with Gasteiger partial charge >= 0.3 is 0 Å². The zero-order valence-electron chi connectivity index (χ0n) is 15.3. The third-order valence-corrected chi connectivity index (χ3v) is 5.14. The van der Waals surface area contributed by atoms with E-state index < -0.39 is 0 Å². The van der Waals surface area contributed by atoms with Gasteiger partial charge in [-0.1, -0.05) is 36.4 Å². The first-order valence-corrected chi connectivity index (χ1v) is 9.95. The van der Waals surface area contributed by atoms with Crippen LogP contribution in [0.25, 0.3) is 0 Å². The summed E-state index contributed by atoms with van der Waals surface area (Å²) in [6.07, 6.45) is 2.73. The molecule has 0 saturated carbocycles. The second-order valence-corrected chi connectivity index (χ2v) is 7.41. The molecule has 1 heterocycles. The summed E-state index contributed by atoms with van der Waals surface area (Å²) in [5, 5.41) is 3.45. The highest BCUT2D eigenvalue weighted by Crippen LogP contribution is 2.26. The van der Waals surface area contributed by atoms with Crippen LogP contribution in [0.4, 0.5) is 0 Å². The van der Waals surface area contributed by atoms with Gasteiger partial charge in [0.15, 0.2) is 0 Å². The zero-order valence-corrected chi connectivity index (χ0v) is 17.7. The van der Waals surface area contributed by atoms with E-state index in [1.807, 2.05) is 29.2 Å². The van der Waals surface area contributed by atoms with Crippen molar-refractivity contribution in [3.8, 4) is 5.75 Å². The molecular weight excluding hydrogens is 428 g/mol. The smallest absolute Gasteiger partial charge is 0.222 e. The molecule has 0 radical (unpaired) electrons. The largest absolute Gasteiger partial charge is 0.488 e. The Kier molecular flexibility index (Phi) is 9.11. The molecule has 4 nitrogen and oxygen atoms in total. The number of nitrogens with one attached hydrogen (secondary N) is 1. The summed E-state index contributed by atoms with van der Waals surface area (Å²) in [5.74, 6) is 1.16. The molecule has 1 aliphatic heterocycles. The Morgan fingerprint density at radius 1 is 1.11 bits per heavy atom. The van der Waals surface area contributed by atoms with E-state index in [0.717, 1.165) is 61.2 Å². The highest BCUT2D eigenvalue weighted by molar-refractivity contribution is 9.10. The molecular formula is C21H26BrClN2O2. The monoisotopic (exact) mass is 452 g/mol. The van der Waals surface area contributed by atoms with Crippen molar-refractivity contribution in [1.29, 1.82) is 0 Å². The number of amides is 1. The molecule has 0 aromatic heterocycles. The molecule has 0 aliphatic carbocycles. The van der Waals surface area contributed by atoms with Crippen LogP contribution in [0.1, 0.15) is 30.4 Å². The number of halogens is 2. The maximum atomic E-state index is 11.6. The van der Waals surface area contributed by atoms with Gasteiger partial charge in [0.2, 0.25) is 5.91 Å². The Morgan fingerprint density at radius 3 is 2.63 bits per heavy atom. The van der Waals surface area contributed by atoms with Crippen LogP contribution < -0.4 is 10.1 Å². The molecule has 1 saturated heterocycles. The maximum Gasteiger partial charge on any atom is 0.222 e. The molecule has 1 N–H and O–H groups in total. The Bertz CT molecular complexity index is 727. The van der Waals surface area contributed by atoms with E-state index in [1.54, 1.807) is 0 Å². The quantitative estimate of drug-likeness (QED) is 0.566. The Morgan fingerprint density at radius 2 is 1.93 bits per heavy atom. The molecule has 0 atom stereocenters. The molecule has 27 heavy (non-hydrogen) atoms. The maximum absolute atomic E-state index is 11.6. The second-order valence-electron chi connectivity index (χ2n) is 6.55. The average Bonchev–Trinajstić information content (AvgIpc) is 3.06. The molecule has 2 aromatic carbocycles. The first kappa shape index (κ1) is 21.7. The topological polar surface area (TPSA) is 41.6 Å². The molecule has 6 heteroatoms. The van der Waals surface area contributed by atoms with Gasteiger partial charge in [-0.25, -0.2) is 0 Å². The number of nitrogens with zero attached hydrogens (tertiary/aromatic N) is 1. The summed E-state index contributed by atoms with van der Waals surface area (Å²) in [5.41, 5.74) is 2.36. The average molecular weight is 454 g/mol. The van der Waals surface area contributed by atoms with Crippen molar-refractivity contribution >= 4 is 34.2 Å². The van der Waals surface area contributed by atoms with Crippen LogP contribution in [0.2, 0.25) is 0 Å². The Labute approximate surface area is 175 Å². The van der Waals surface area contributed by atoms with E-state index in [-0.39, 0.29) is 12.4 Å². The lowest BCUT2D eigenvalue weighted by molar-refractivity contribution is -0.127. The molecule has 1 aliphatic rings. The molecule has 0 unspecified atom stereocenters. The fourth-order valence-corrected chi connectivity index (χ4v) is 3.62. The van der Waals surface area contributed by atoms with Crippen molar-refractivity contribution in [2.24, 2.45) is 0 Å². The van der Waals surface area contributed by atoms with Crippen molar-refractivity contribution in [3.05, 3.63) is 64.1 Å². The lowest BCUT2D eigenvalue weighted by Crippen LogP contribution is -2.28. The van der Waals surface area contributed by atoms with Gasteiger partial charge in [0.05, 0.1) is 4.47 Å². The first-order chi connectivity index (χ1) is 12.7. The van der Waals surface area contributed by atoms with E-state index >= 15 is 0 Å². The molecule has 3 rings (SSSR count). The number of benzene rings is 2. The normalized spacial score (nSPS) is 13.5. The van der Waals surface area contributed by atoms with Crippen LogP contribution in [-0.4, -0.2) is 30.4 Å². The Balaban J connectivity index is 0.00000261. The number of likely N-dealkylation sites (tertiary alicyclic amines) is 1. The number of ether oxygens (including phenoxy) is 1. The number of hydrogen-bond acceptors (Lipinski definition) is 3. The van der Waals surface area contributed by atoms with E-state index in [1.165, 1.54) is 5.56 Å². The van der Waals surface area contributed by atoms with Gasteiger partial charge in [-0.3, -0.25) is 4.79 Å². The molecule has 0 spiro atoms. The van der Waals surface area contributed by atoms with E-state index in [4.69, 9.17) is 4.74 Å². The fraction of sp³-hybridized carbons (Fsp3) is 0.381. The van der Waals surface area contributed by atoms with Crippen LogP contribution >= 0.6 is 28.3 Å². The van der Waals surface area contributed by atoms with Crippen LogP contribution in [0, 0.1) is 0 Å². The summed E-state index contributed by atoms with van der Waals surface area (Å²) >= 11 is 3.60. The van der Waals surface area contributed by atoms with Crippen molar-refractivity contribution < 1.29 is 9.53 Å². The van der Waals surface area contributed by atoms with Gasteiger partial charge in [-0.15, -0.1) is 12.4 Å². The zero-order chi connectivity index (χ0) is 18.2. The van der Waals surface area contributed by atoms with E-state index in [2.05, 4.69) is 45.5 Å². The molecule has 1 fully saturated rings.